The Hall–Kier alpha value is -2.71. The van der Waals surface area contributed by atoms with Crippen LogP contribution in [0.15, 0.2) is 36.7 Å². The third-order valence-electron chi connectivity index (χ3n) is 3.51. The maximum Gasteiger partial charge on any atom is 0.129 e. The van der Waals surface area contributed by atoms with Crippen molar-refractivity contribution in [2.45, 2.75) is 13.5 Å². The van der Waals surface area contributed by atoms with Crippen LogP contribution in [0, 0.1) is 24.1 Å². The third-order valence-corrected chi connectivity index (χ3v) is 3.73. The average molecular weight is 327 g/mol. The van der Waals surface area contributed by atoms with Gasteiger partial charge in [0.1, 0.15) is 17.0 Å². The van der Waals surface area contributed by atoms with E-state index in [0.717, 1.165) is 11.1 Å². The summed E-state index contributed by atoms with van der Waals surface area (Å²) in [5.74, 6) is -0.358. The number of nitrogens with one attached hydrogen (secondary N) is 1. The van der Waals surface area contributed by atoms with Crippen LogP contribution in [-0.2, 0) is 6.54 Å². The van der Waals surface area contributed by atoms with Gasteiger partial charge in [0.15, 0.2) is 0 Å². The summed E-state index contributed by atoms with van der Waals surface area (Å²) in [5, 5.41) is 13.5. The number of anilines is 1. The topological polar surface area (TPSA) is 61.6 Å². The standard InChI is InChI=1S/C17H12ClFN4/c1-10-4-13(19)5-14-16(10)23-9-12(6-20)17(14)22-8-11-2-3-15(18)21-7-11/h2-5,7,9H,8H2,1H3,(H,22,23). The maximum atomic E-state index is 13.8. The van der Waals surface area contributed by atoms with Gasteiger partial charge < -0.3 is 5.32 Å². The molecule has 0 saturated heterocycles. The van der Waals surface area contributed by atoms with Gasteiger partial charge >= 0.3 is 0 Å². The van der Waals surface area contributed by atoms with Gasteiger partial charge in [-0.15, -0.1) is 0 Å². The first kappa shape index (κ1) is 15.2. The van der Waals surface area contributed by atoms with E-state index in [1.165, 1.54) is 18.3 Å². The SMILES string of the molecule is Cc1cc(F)cc2c(NCc3ccc(Cl)nc3)c(C#N)cnc12. The first-order valence-electron chi connectivity index (χ1n) is 6.92. The molecule has 0 unspecified atom stereocenters. The number of rotatable bonds is 3. The van der Waals surface area contributed by atoms with Crippen molar-refractivity contribution in [1.82, 2.24) is 9.97 Å². The Labute approximate surface area is 137 Å². The summed E-state index contributed by atoms with van der Waals surface area (Å²) in [7, 11) is 0. The minimum Gasteiger partial charge on any atom is -0.379 e. The minimum atomic E-state index is -0.358. The van der Waals surface area contributed by atoms with Crippen LogP contribution in [0.2, 0.25) is 5.15 Å². The lowest BCUT2D eigenvalue weighted by atomic mass is 10.1. The first-order chi connectivity index (χ1) is 11.1. The molecule has 0 spiro atoms. The lowest BCUT2D eigenvalue weighted by Crippen LogP contribution is -2.04. The van der Waals surface area contributed by atoms with E-state index >= 15 is 0 Å². The van der Waals surface area contributed by atoms with Gasteiger partial charge in [-0.1, -0.05) is 17.7 Å². The second kappa shape index (κ2) is 6.19. The fraction of sp³-hybridized carbons (Fsp3) is 0.118. The number of hydrogen-bond acceptors (Lipinski definition) is 4. The Balaban J connectivity index is 2.04. The summed E-state index contributed by atoms with van der Waals surface area (Å²) in [6.45, 7) is 2.23. The fourth-order valence-electron chi connectivity index (χ4n) is 2.41. The van der Waals surface area contributed by atoms with E-state index in [1.807, 2.05) is 6.07 Å². The number of hydrogen-bond donors (Lipinski definition) is 1. The molecule has 0 aliphatic heterocycles. The van der Waals surface area contributed by atoms with E-state index in [-0.39, 0.29) is 5.82 Å². The van der Waals surface area contributed by atoms with Crippen molar-refractivity contribution in [3.05, 3.63) is 64.3 Å². The van der Waals surface area contributed by atoms with E-state index < -0.39 is 0 Å². The Morgan fingerprint density at radius 2 is 2.09 bits per heavy atom. The quantitative estimate of drug-likeness (QED) is 0.732. The summed E-state index contributed by atoms with van der Waals surface area (Å²) in [4.78, 5) is 8.27. The Bertz CT molecular complexity index is 917. The molecule has 0 atom stereocenters. The van der Waals surface area contributed by atoms with E-state index in [2.05, 4.69) is 21.4 Å². The van der Waals surface area contributed by atoms with E-state index in [9.17, 15) is 9.65 Å². The van der Waals surface area contributed by atoms with Gasteiger partial charge in [-0.05, 0) is 36.2 Å². The van der Waals surface area contributed by atoms with E-state index in [1.54, 1.807) is 19.2 Å². The van der Waals surface area contributed by atoms with Crippen LogP contribution in [0.5, 0.6) is 0 Å². The van der Waals surface area contributed by atoms with Crippen molar-refractivity contribution >= 4 is 28.2 Å². The molecule has 0 bridgehead atoms. The molecule has 23 heavy (non-hydrogen) atoms. The normalized spacial score (nSPS) is 10.5. The van der Waals surface area contributed by atoms with Crippen LogP contribution >= 0.6 is 11.6 Å². The predicted octanol–water partition coefficient (Wildman–Crippen LogP) is 4.21. The summed E-state index contributed by atoms with van der Waals surface area (Å²) in [5.41, 5.74) is 3.22. The average Bonchev–Trinajstić information content (AvgIpc) is 2.54. The van der Waals surface area contributed by atoms with Gasteiger partial charge in [-0.2, -0.15) is 5.26 Å². The van der Waals surface area contributed by atoms with Crippen molar-refractivity contribution in [2.24, 2.45) is 0 Å². The molecule has 0 radical (unpaired) electrons. The molecular formula is C17H12ClFN4. The number of pyridine rings is 2. The van der Waals surface area contributed by atoms with Crippen LogP contribution in [0.25, 0.3) is 10.9 Å². The van der Waals surface area contributed by atoms with Gasteiger partial charge in [0.2, 0.25) is 0 Å². The molecule has 0 amide bonds. The number of nitriles is 1. The van der Waals surface area contributed by atoms with Crippen LogP contribution < -0.4 is 5.32 Å². The number of fused-ring (bicyclic) bond motifs is 1. The molecule has 4 nitrogen and oxygen atoms in total. The molecular weight excluding hydrogens is 315 g/mol. The lowest BCUT2D eigenvalue weighted by Gasteiger charge is -2.12. The summed E-state index contributed by atoms with van der Waals surface area (Å²) in [6, 6.07) is 8.43. The van der Waals surface area contributed by atoms with Gasteiger partial charge in [0.25, 0.3) is 0 Å². The van der Waals surface area contributed by atoms with Crippen LogP contribution in [0.4, 0.5) is 10.1 Å². The van der Waals surface area contributed by atoms with E-state index in [0.29, 0.717) is 33.9 Å². The number of halogens is 2. The molecule has 0 aliphatic rings. The molecule has 114 valence electrons. The number of aryl methyl sites for hydroxylation is 1. The summed E-state index contributed by atoms with van der Waals surface area (Å²) < 4.78 is 13.8. The van der Waals surface area contributed by atoms with Crippen LogP contribution in [0.3, 0.4) is 0 Å². The largest absolute Gasteiger partial charge is 0.379 e. The lowest BCUT2D eigenvalue weighted by molar-refractivity contribution is 0.628. The molecule has 2 aromatic heterocycles. The molecule has 1 aromatic carbocycles. The second-order valence-electron chi connectivity index (χ2n) is 5.12. The highest BCUT2D eigenvalue weighted by Gasteiger charge is 2.12. The van der Waals surface area contributed by atoms with Crippen molar-refractivity contribution in [1.29, 1.82) is 5.26 Å². The maximum absolute atomic E-state index is 13.8. The molecule has 6 heteroatoms. The third kappa shape index (κ3) is 3.08. The Morgan fingerprint density at radius 3 is 2.78 bits per heavy atom. The molecule has 3 aromatic rings. The second-order valence-corrected chi connectivity index (χ2v) is 5.51. The van der Waals surface area contributed by atoms with Crippen LogP contribution in [0.1, 0.15) is 16.7 Å². The number of aromatic nitrogens is 2. The summed E-state index contributed by atoms with van der Waals surface area (Å²) in [6.07, 6.45) is 3.15. The Morgan fingerprint density at radius 1 is 1.26 bits per heavy atom. The summed E-state index contributed by atoms with van der Waals surface area (Å²) >= 11 is 5.76. The van der Waals surface area contributed by atoms with Crippen molar-refractivity contribution < 1.29 is 4.39 Å². The Kier molecular flexibility index (Phi) is 4.09. The minimum absolute atomic E-state index is 0.358. The molecule has 0 aliphatic carbocycles. The smallest absolute Gasteiger partial charge is 0.129 e. The van der Waals surface area contributed by atoms with Crippen molar-refractivity contribution in [2.75, 3.05) is 5.32 Å². The highest BCUT2D eigenvalue weighted by Crippen LogP contribution is 2.29. The molecule has 0 fully saturated rings. The van der Waals surface area contributed by atoms with Gasteiger partial charge in [-0.25, -0.2) is 9.37 Å². The van der Waals surface area contributed by atoms with Gasteiger partial charge in [0, 0.05) is 24.3 Å². The van der Waals surface area contributed by atoms with Crippen molar-refractivity contribution in [3.8, 4) is 6.07 Å². The zero-order valence-corrected chi connectivity index (χ0v) is 13.0. The van der Waals surface area contributed by atoms with Gasteiger partial charge in [-0.3, -0.25) is 4.98 Å². The molecule has 0 saturated carbocycles. The van der Waals surface area contributed by atoms with Crippen LogP contribution in [-0.4, -0.2) is 9.97 Å². The fourth-order valence-corrected chi connectivity index (χ4v) is 2.52. The monoisotopic (exact) mass is 326 g/mol. The van der Waals surface area contributed by atoms with E-state index in [4.69, 9.17) is 11.6 Å². The van der Waals surface area contributed by atoms with Crippen molar-refractivity contribution in [3.63, 3.8) is 0 Å². The predicted molar refractivity (Wildman–Crippen MR) is 87.7 cm³/mol. The highest BCUT2D eigenvalue weighted by molar-refractivity contribution is 6.29. The number of benzene rings is 1. The first-order valence-corrected chi connectivity index (χ1v) is 7.29. The highest BCUT2D eigenvalue weighted by atomic mass is 35.5. The zero-order valence-electron chi connectivity index (χ0n) is 12.3. The number of nitrogens with zero attached hydrogens (tertiary/aromatic N) is 3. The zero-order chi connectivity index (χ0) is 16.4. The van der Waals surface area contributed by atoms with Gasteiger partial charge in [0.05, 0.1) is 16.8 Å². The molecule has 2 heterocycles. The molecule has 3 rings (SSSR count). The molecule has 1 N–H and O–H groups in total.